The van der Waals surface area contributed by atoms with E-state index in [4.69, 9.17) is 5.73 Å². The van der Waals surface area contributed by atoms with Crippen LogP contribution < -0.4 is 5.73 Å². The number of amides is 1. The van der Waals surface area contributed by atoms with Crippen molar-refractivity contribution in [2.75, 3.05) is 6.54 Å². The van der Waals surface area contributed by atoms with Crippen LogP contribution in [0.2, 0.25) is 0 Å². The monoisotopic (exact) mass is 190 g/mol. The predicted molar refractivity (Wildman–Crippen MR) is 42.3 cm³/mol. The van der Waals surface area contributed by atoms with E-state index >= 15 is 0 Å². The molecule has 2 heterocycles. The number of fused-ring (bicyclic) bond motifs is 1. The first-order chi connectivity index (χ1) is 6.00. The van der Waals surface area contributed by atoms with Gasteiger partial charge in [-0.2, -0.15) is 8.78 Å². The number of piperidine rings is 1. The lowest BCUT2D eigenvalue weighted by molar-refractivity contribution is -0.148. The quantitative estimate of drug-likeness (QED) is 0.599. The molecule has 0 aromatic carbocycles. The maximum Gasteiger partial charge on any atom is 0.326 e. The minimum Gasteiger partial charge on any atom is -0.333 e. The Morgan fingerprint density at radius 1 is 1.46 bits per heavy atom. The van der Waals surface area contributed by atoms with E-state index in [1.165, 1.54) is 4.90 Å². The Bertz CT molecular complexity index is 244. The molecule has 5 heteroatoms. The normalized spacial score (nSPS) is 37.8. The third kappa shape index (κ3) is 1.31. The minimum absolute atomic E-state index is 0.130. The van der Waals surface area contributed by atoms with Crippen LogP contribution in [0.15, 0.2) is 0 Å². The van der Waals surface area contributed by atoms with Crippen LogP contribution in [0.1, 0.15) is 19.3 Å². The Morgan fingerprint density at radius 2 is 2.15 bits per heavy atom. The van der Waals surface area contributed by atoms with E-state index in [0.29, 0.717) is 13.0 Å². The molecule has 2 fully saturated rings. The molecule has 0 aromatic rings. The van der Waals surface area contributed by atoms with E-state index in [-0.39, 0.29) is 18.5 Å². The summed E-state index contributed by atoms with van der Waals surface area (Å²) >= 11 is 0. The van der Waals surface area contributed by atoms with Gasteiger partial charge in [0.15, 0.2) is 0 Å². The Kier molecular flexibility index (Phi) is 1.80. The standard InChI is InChI=1S/C8H12F2N2O/c9-8(10)3-6-2-1-5(11)4-12(6)7(8)13/h5-6H,1-4,11H2. The van der Waals surface area contributed by atoms with Gasteiger partial charge in [-0.1, -0.05) is 0 Å². The van der Waals surface area contributed by atoms with Crippen molar-refractivity contribution >= 4 is 5.91 Å². The highest BCUT2D eigenvalue weighted by atomic mass is 19.3. The van der Waals surface area contributed by atoms with Crippen LogP contribution in [0, 0.1) is 0 Å². The van der Waals surface area contributed by atoms with E-state index in [2.05, 4.69) is 0 Å². The zero-order valence-electron chi connectivity index (χ0n) is 7.17. The molecule has 74 valence electrons. The van der Waals surface area contributed by atoms with Crippen LogP contribution in [-0.2, 0) is 4.79 Å². The highest BCUT2D eigenvalue weighted by Crippen LogP contribution is 2.37. The molecule has 2 aliphatic rings. The number of alkyl halides is 2. The zero-order valence-corrected chi connectivity index (χ0v) is 7.17. The molecule has 2 saturated heterocycles. The van der Waals surface area contributed by atoms with Crippen molar-refractivity contribution in [1.82, 2.24) is 4.90 Å². The van der Waals surface area contributed by atoms with Crippen LogP contribution in [0.3, 0.4) is 0 Å². The zero-order chi connectivity index (χ0) is 9.64. The van der Waals surface area contributed by atoms with Crippen LogP contribution in [-0.4, -0.2) is 35.4 Å². The van der Waals surface area contributed by atoms with E-state index in [9.17, 15) is 13.6 Å². The van der Waals surface area contributed by atoms with Crippen molar-refractivity contribution in [1.29, 1.82) is 0 Å². The molecule has 0 aliphatic carbocycles. The Morgan fingerprint density at radius 3 is 2.85 bits per heavy atom. The molecule has 2 atom stereocenters. The van der Waals surface area contributed by atoms with Crippen molar-refractivity contribution in [2.45, 2.75) is 37.3 Å². The van der Waals surface area contributed by atoms with Crippen molar-refractivity contribution in [3.05, 3.63) is 0 Å². The lowest BCUT2D eigenvalue weighted by Crippen LogP contribution is -2.48. The second-order valence-corrected chi connectivity index (χ2v) is 3.86. The Balaban J connectivity index is 2.17. The van der Waals surface area contributed by atoms with E-state index < -0.39 is 11.8 Å². The SMILES string of the molecule is NC1CCC2CC(F)(F)C(=O)N2C1. The number of hydrogen-bond donors (Lipinski definition) is 1. The molecule has 0 aromatic heterocycles. The lowest BCUT2D eigenvalue weighted by atomic mass is 9.99. The fourth-order valence-electron chi connectivity index (χ4n) is 2.11. The smallest absolute Gasteiger partial charge is 0.326 e. The topological polar surface area (TPSA) is 46.3 Å². The number of carbonyl (C=O) groups is 1. The van der Waals surface area contributed by atoms with Crippen LogP contribution >= 0.6 is 0 Å². The first kappa shape index (κ1) is 8.87. The predicted octanol–water partition coefficient (Wildman–Crippen LogP) is 0.344. The Labute approximate surface area is 74.9 Å². The maximum absolute atomic E-state index is 12.9. The van der Waals surface area contributed by atoms with Gasteiger partial charge in [-0.3, -0.25) is 4.79 Å². The molecule has 2 aliphatic heterocycles. The summed E-state index contributed by atoms with van der Waals surface area (Å²) in [7, 11) is 0. The number of carbonyl (C=O) groups excluding carboxylic acids is 1. The van der Waals surface area contributed by atoms with Gasteiger partial charge in [0.2, 0.25) is 0 Å². The third-order valence-corrected chi connectivity index (χ3v) is 2.81. The summed E-state index contributed by atoms with van der Waals surface area (Å²) in [6, 6.07) is -0.406. The molecule has 2 rings (SSSR count). The number of halogens is 2. The highest BCUT2D eigenvalue weighted by Gasteiger charge is 2.54. The van der Waals surface area contributed by atoms with Crippen molar-refractivity contribution in [3.63, 3.8) is 0 Å². The van der Waals surface area contributed by atoms with Gasteiger partial charge in [0, 0.05) is 25.0 Å². The van der Waals surface area contributed by atoms with Gasteiger partial charge in [0.05, 0.1) is 0 Å². The van der Waals surface area contributed by atoms with Gasteiger partial charge >= 0.3 is 5.92 Å². The minimum atomic E-state index is -3.14. The van der Waals surface area contributed by atoms with E-state index in [1.807, 2.05) is 0 Å². The van der Waals surface area contributed by atoms with Gasteiger partial charge in [-0.25, -0.2) is 0 Å². The van der Waals surface area contributed by atoms with Gasteiger partial charge in [0.1, 0.15) is 0 Å². The highest BCUT2D eigenvalue weighted by molar-refractivity contribution is 5.86. The molecular formula is C8H12F2N2O. The summed E-state index contributed by atoms with van der Waals surface area (Å²) < 4.78 is 25.9. The molecule has 1 amide bonds. The molecule has 2 N–H and O–H groups in total. The number of hydrogen-bond acceptors (Lipinski definition) is 2. The Hall–Kier alpha value is -0.710. The van der Waals surface area contributed by atoms with Crippen LogP contribution in [0.5, 0.6) is 0 Å². The first-order valence-electron chi connectivity index (χ1n) is 4.45. The molecule has 0 saturated carbocycles. The van der Waals surface area contributed by atoms with Gasteiger partial charge < -0.3 is 10.6 Å². The second-order valence-electron chi connectivity index (χ2n) is 3.86. The average Bonchev–Trinajstić information content (AvgIpc) is 2.26. The molecule has 0 spiro atoms. The average molecular weight is 190 g/mol. The summed E-state index contributed by atoms with van der Waals surface area (Å²) in [6.07, 6.45) is 1.03. The van der Waals surface area contributed by atoms with Crippen molar-refractivity contribution < 1.29 is 13.6 Å². The fraction of sp³-hybridized carbons (Fsp3) is 0.875. The fourth-order valence-corrected chi connectivity index (χ4v) is 2.11. The van der Waals surface area contributed by atoms with Gasteiger partial charge in [-0.15, -0.1) is 0 Å². The molecule has 2 unspecified atom stereocenters. The van der Waals surface area contributed by atoms with Crippen molar-refractivity contribution in [3.8, 4) is 0 Å². The molecule has 0 radical (unpaired) electrons. The van der Waals surface area contributed by atoms with Crippen molar-refractivity contribution in [2.24, 2.45) is 5.73 Å². The largest absolute Gasteiger partial charge is 0.333 e. The molecule has 3 nitrogen and oxygen atoms in total. The van der Waals surface area contributed by atoms with Gasteiger partial charge in [0.25, 0.3) is 5.91 Å². The number of nitrogens with zero attached hydrogens (tertiary/aromatic N) is 1. The first-order valence-corrected chi connectivity index (χ1v) is 4.45. The number of nitrogens with two attached hydrogens (primary N) is 1. The molecular weight excluding hydrogens is 178 g/mol. The summed E-state index contributed by atoms with van der Waals surface area (Å²) in [5.41, 5.74) is 5.60. The second kappa shape index (κ2) is 2.64. The number of rotatable bonds is 0. The summed E-state index contributed by atoms with van der Waals surface area (Å²) in [5.74, 6) is -4.18. The summed E-state index contributed by atoms with van der Waals surface area (Å²) in [5, 5.41) is 0. The van der Waals surface area contributed by atoms with Gasteiger partial charge in [-0.05, 0) is 12.8 Å². The molecule has 0 bridgehead atoms. The van der Waals surface area contributed by atoms with Crippen LogP contribution in [0.4, 0.5) is 8.78 Å². The lowest BCUT2D eigenvalue weighted by Gasteiger charge is -2.32. The van der Waals surface area contributed by atoms with E-state index in [0.717, 1.165) is 6.42 Å². The maximum atomic E-state index is 12.9. The summed E-state index contributed by atoms with van der Waals surface area (Å²) in [6.45, 7) is 0.291. The third-order valence-electron chi connectivity index (χ3n) is 2.81. The molecule has 13 heavy (non-hydrogen) atoms. The van der Waals surface area contributed by atoms with E-state index in [1.54, 1.807) is 0 Å². The summed E-state index contributed by atoms with van der Waals surface area (Å²) in [4.78, 5) is 12.4. The van der Waals surface area contributed by atoms with Crippen LogP contribution in [0.25, 0.3) is 0 Å².